The van der Waals surface area contributed by atoms with Crippen molar-refractivity contribution >= 4 is 29.2 Å². The normalized spacial score (nSPS) is 10.1. The number of amides is 1. The fourth-order valence-corrected chi connectivity index (χ4v) is 2.14. The van der Waals surface area contributed by atoms with Crippen LogP contribution < -0.4 is 5.32 Å². The van der Waals surface area contributed by atoms with E-state index in [4.69, 9.17) is 16.3 Å². The molecule has 1 amide bonds. The quantitative estimate of drug-likeness (QED) is 0.864. The number of benzene rings is 2. The second kappa shape index (κ2) is 7.09. The highest BCUT2D eigenvalue weighted by Crippen LogP contribution is 2.24. The van der Waals surface area contributed by atoms with Crippen LogP contribution in [0.2, 0.25) is 5.02 Å². The van der Waals surface area contributed by atoms with Gasteiger partial charge in [0.2, 0.25) is 0 Å². The number of halogens is 1. The van der Waals surface area contributed by atoms with Gasteiger partial charge in [-0.3, -0.25) is 4.79 Å². The van der Waals surface area contributed by atoms with Gasteiger partial charge < -0.3 is 10.1 Å². The van der Waals surface area contributed by atoms with Gasteiger partial charge in [-0.15, -0.1) is 0 Å². The zero-order valence-electron chi connectivity index (χ0n) is 12.4. The van der Waals surface area contributed by atoms with Gasteiger partial charge in [-0.25, -0.2) is 4.79 Å². The lowest BCUT2D eigenvalue weighted by Crippen LogP contribution is -2.14. The molecule has 0 spiro atoms. The number of nitrogens with one attached hydrogen (secondary N) is 1. The third-order valence-corrected chi connectivity index (χ3v) is 3.44. The Morgan fingerprint density at radius 2 is 1.91 bits per heavy atom. The van der Waals surface area contributed by atoms with Crippen molar-refractivity contribution in [2.24, 2.45) is 0 Å². The molecule has 2 aromatic rings. The second-order valence-electron chi connectivity index (χ2n) is 4.68. The Balaban J connectivity index is 2.25. The lowest BCUT2D eigenvalue weighted by atomic mass is 10.1. The maximum Gasteiger partial charge on any atom is 0.338 e. The first-order valence-corrected chi connectivity index (χ1v) is 7.24. The van der Waals surface area contributed by atoms with Crippen LogP contribution in [0.25, 0.3) is 0 Å². The Morgan fingerprint density at radius 1 is 1.18 bits per heavy atom. The monoisotopic (exact) mass is 317 g/mol. The molecule has 0 aromatic heterocycles. The summed E-state index contributed by atoms with van der Waals surface area (Å²) in [4.78, 5) is 24.0. The third kappa shape index (κ3) is 3.65. The highest BCUT2D eigenvalue weighted by Gasteiger charge is 2.13. The molecule has 0 saturated heterocycles. The zero-order valence-corrected chi connectivity index (χ0v) is 13.1. The Hall–Kier alpha value is -2.33. The Morgan fingerprint density at radius 3 is 2.59 bits per heavy atom. The first-order valence-electron chi connectivity index (χ1n) is 6.86. The summed E-state index contributed by atoms with van der Waals surface area (Å²) in [5.41, 5.74) is 2.13. The lowest BCUT2D eigenvalue weighted by molar-refractivity contribution is 0.0526. The Labute approximate surface area is 134 Å². The number of anilines is 1. The zero-order chi connectivity index (χ0) is 16.1. The van der Waals surface area contributed by atoms with Gasteiger partial charge in [-0.2, -0.15) is 0 Å². The van der Waals surface area contributed by atoms with Gasteiger partial charge in [-0.05, 0) is 43.7 Å². The number of hydrogen-bond donors (Lipinski definition) is 1. The van der Waals surface area contributed by atoms with Crippen molar-refractivity contribution in [3.63, 3.8) is 0 Å². The van der Waals surface area contributed by atoms with Crippen molar-refractivity contribution in [1.29, 1.82) is 0 Å². The van der Waals surface area contributed by atoms with Gasteiger partial charge in [0.1, 0.15) is 0 Å². The van der Waals surface area contributed by atoms with Crippen LogP contribution in [0.5, 0.6) is 0 Å². The predicted molar refractivity (Wildman–Crippen MR) is 86.5 cm³/mol. The predicted octanol–water partition coefficient (Wildman–Crippen LogP) is 4.08. The van der Waals surface area contributed by atoms with Crippen LogP contribution in [-0.2, 0) is 4.74 Å². The summed E-state index contributed by atoms with van der Waals surface area (Å²) in [5, 5.41) is 3.08. The average molecular weight is 318 g/mol. The summed E-state index contributed by atoms with van der Waals surface area (Å²) in [6.07, 6.45) is 0. The molecule has 0 aliphatic heterocycles. The van der Waals surface area contributed by atoms with Crippen molar-refractivity contribution < 1.29 is 14.3 Å². The molecular formula is C17H16ClNO3. The van der Waals surface area contributed by atoms with E-state index in [1.807, 2.05) is 19.1 Å². The van der Waals surface area contributed by atoms with E-state index in [1.54, 1.807) is 31.2 Å². The molecule has 0 bridgehead atoms. The lowest BCUT2D eigenvalue weighted by Gasteiger charge is -2.10. The number of rotatable bonds is 4. The van der Waals surface area contributed by atoms with E-state index in [9.17, 15) is 9.59 Å². The van der Waals surface area contributed by atoms with Gasteiger partial charge in [0.25, 0.3) is 5.91 Å². The van der Waals surface area contributed by atoms with Crippen molar-refractivity contribution in [3.8, 4) is 0 Å². The molecule has 0 atom stereocenters. The van der Waals surface area contributed by atoms with Gasteiger partial charge >= 0.3 is 5.97 Å². The summed E-state index contributed by atoms with van der Waals surface area (Å²) < 4.78 is 4.94. The first-order chi connectivity index (χ1) is 10.5. The van der Waals surface area contributed by atoms with Gasteiger partial charge in [0.05, 0.1) is 22.9 Å². The molecule has 4 nitrogen and oxygen atoms in total. The van der Waals surface area contributed by atoms with E-state index in [0.717, 1.165) is 5.56 Å². The van der Waals surface area contributed by atoms with Crippen molar-refractivity contribution in [2.75, 3.05) is 11.9 Å². The first kappa shape index (κ1) is 16.0. The molecular weight excluding hydrogens is 302 g/mol. The molecule has 2 aromatic carbocycles. The maximum absolute atomic E-state index is 12.3. The molecule has 0 radical (unpaired) electrons. The van der Waals surface area contributed by atoms with Crippen molar-refractivity contribution in [2.45, 2.75) is 13.8 Å². The molecule has 1 N–H and O–H groups in total. The van der Waals surface area contributed by atoms with E-state index in [1.165, 1.54) is 6.07 Å². The fourth-order valence-electron chi connectivity index (χ4n) is 1.98. The average Bonchev–Trinajstić information content (AvgIpc) is 2.50. The molecule has 22 heavy (non-hydrogen) atoms. The minimum atomic E-state index is -0.453. The topological polar surface area (TPSA) is 55.4 Å². The number of esters is 1. The van der Waals surface area contributed by atoms with E-state index >= 15 is 0 Å². The molecule has 0 saturated carbocycles. The number of hydrogen-bond acceptors (Lipinski definition) is 3. The minimum absolute atomic E-state index is 0.277. The maximum atomic E-state index is 12.3. The second-order valence-corrected chi connectivity index (χ2v) is 5.09. The third-order valence-electron chi connectivity index (χ3n) is 3.12. The van der Waals surface area contributed by atoms with E-state index in [0.29, 0.717) is 21.8 Å². The van der Waals surface area contributed by atoms with Gasteiger partial charge in [0, 0.05) is 5.56 Å². The van der Waals surface area contributed by atoms with Crippen LogP contribution in [0.15, 0.2) is 42.5 Å². The molecule has 0 fully saturated rings. The SMILES string of the molecule is CCOC(=O)c1ccc(Cl)c(NC(=O)c2ccccc2C)c1. The molecule has 0 heterocycles. The van der Waals surface area contributed by atoms with Gasteiger partial charge in [0.15, 0.2) is 0 Å². The fraction of sp³-hybridized carbons (Fsp3) is 0.176. The number of carbonyl (C=O) groups excluding carboxylic acids is 2. The van der Waals surface area contributed by atoms with Crippen LogP contribution in [0.1, 0.15) is 33.2 Å². The minimum Gasteiger partial charge on any atom is -0.462 e. The molecule has 0 unspecified atom stereocenters. The van der Waals surface area contributed by atoms with E-state index in [-0.39, 0.29) is 12.5 Å². The van der Waals surface area contributed by atoms with Crippen molar-refractivity contribution in [3.05, 3.63) is 64.2 Å². The van der Waals surface area contributed by atoms with Crippen LogP contribution in [0.4, 0.5) is 5.69 Å². The van der Waals surface area contributed by atoms with Crippen molar-refractivity contribution in [1.82, 2.24) is 0 Å². The largest absolute Gasteiger partial charge is 0.462 e. The summed E-state index contributed by atoms with van der Waals surface area (Å²) in [5.74, 6) is -0.730. The summed E-state index contributed by atoms with van der Waals surface area (Å²) >= 11 is 6.08. The summed E-state index contributed by atoms with van der Waals surface area (Å²) in [6.45, 7) is 3.87. The van der Waals surface area contributed by atoms with Gasteiger partial charge in [-0.1, -0.05) is 29.8 Å². The molecule has 114 valence electrons. The molecule has 5 heteroatoms. The molecule has 2 rings (SSSR count). The Kier molecular flexibility index (Phi) is 5.17. The number of aryl methyl sites for hydroxylation is 1. The highest BCUT2D eigenvalue weighted by atomic mass is 35.5. The summed E-state index contributed by atoms with van der Waals surface area (Å²) in [7, 11) is 0. The number of ether oxygens (including phenoxy) is 1. The Bertz CT molecular complexity index is 713. The van der Waals surface area contributed by atoms with E-state index in [2.05, 4.69) is 5.32 Å². The molecule has 0 aliphatic rings. The van der Waals surface area contributed by atoms with E-state index < -0.39 is 5.97 Å². The standard InChI is InChI=1S/C17H16ClNO3/c1-3-22-17(21)12-8-9-14(18)15(10-12)19-16(20)13-7-5-4-6-11(13)2/h4-10H,3H2,1-2H3,(H,19,20). The van der Waals surface area contributed by atoms with Crippen LogP contribution >= 0.6 is 11.6 Å². The van der Waals surface area contributed by atoms with Crippen LogP contribution in [0.3, 0.4) is 0 Å². The smallest absolute Gasteiger partial charge is 0.338 e. The van der Waals surface area contributed by atoms with Crippen LogP contribution in [-0.4, -0.2) is 18.5 Å². The van der Waals surface area contributed by atoms with Crippen LogP contribution in [0, 0.1) is 6.92 Å². The summed E-state index contributed by atoms with van der Waals surface area (Å²) in [6, 6.07) is 11.9. The number of carbonyl (C=O) groups is 2. The molecule has 0 aliphatic carbocycles. The highest BCUT2D eigenvalue weighted by molar-refractivity contribution is 6.34.